The van der Waals surface area contributed by atoms with Gasteiger partial charge in [0.15, 0.2) is 11.5 Å². The van der Waals surface area contributed by atoms with E-state index in [1.54, 1.807) is 13.3 Å². The van der Waals surface area contributed by atoms with E-state index in [1.165, 1.54) is 16.6 Å². The largest absolute Gasteiger partial charge is 0.493 e. The summed E-state index contributed by atoms with van der Waals surface area (Å²) < 4.78 is 13.3. The van der Waals surface area contributed by atoms with Gasteiger partial charge in [0.2, 0.25) is 4.77 Å². The summed E-state index contributed by atoms with van der Waals surface area (Å²) in [6.07, 6.45) is 3.19. The van der Waals surface area contributed by atoms with E-state index in [-0.39, 0.29) is 0 Å². The maximum atomic E-state index is 5.91. The maximum absolute atomic E-state index is 5.91. The number of H-pyrrole nitrogens is 1. The molecule has 0 unspecified atom stereocenters. The monoisotopic (exact) mass is 354 g/mol. The van der Waals surface area contributed by atoms with Crippen molar-refractivity contribution in [2.75, 3.05) is 7.11 Å². The van der Waals surface area contributed by atoms with Crippen molar-refractivity contribution in [1.29, 1.82) is 0 Å². The topological polar surface area (TPSA) is 64.4 Å². The van der Waals surface area contributed by atoms with Crippen LogP contribution in [0.5, 0.6) is 11.5 Å². The molecule has 0 amide bonds. The lowest BCUT2D eigenvalue weighted by molar-refractivity contribution is 0.284. The molecular weight excluding hydrogens is 336 g/mol. The molecule has 128 valence electrons. The van der Waals surface area contributed by atoms with Crippen molar-refractivity contribution < 1.29 is 9.47 Å². The van der Waals surface area contributed by atoms with E-state index >= 15 is 0 Å². The van der Waals surface area contributed by atoms with Crippen molar-refractivity contribution in [3.63, 3.8) is 0 Å². The second-order valence-corrected chi connectivity index (χ2v) is 5.76. The number of benzene rings is 2. The second kappa shape index (κ2) is 7.76. The van der Waals surface area contributed by atoms with Gasteiger partial charge in [-0.05, 0) is 54.0 Å². The highest BCUT2D eigenvalue weighted by molar-refractivity contribution is 7.71. The molecule has 3 rings (SSSR count). The zero-order chi connectivity index (χ0) is 17.6. The fourth-order valence-electron chi connectivity index (χ4n) is 2.26. The lowest BCUT2D eigenvalue weighted by Crippen LogP contribution is -2.00. The third kappa shape index (κ3) is 4.13. The van der Waals surface area contributed by atoms with Crippen LogP contribution in [0.3, 0.4) is 0 Å². The lowest BCUT2D eigenvalue weighted by atomic mass is 10.1. The Bertz CT molecular complexity index is 946. The van der Waals surface area contributed by atoms with Gasteiger partial charge in [-0.15, -0.1) is 0 Å². The number of aromatic amines is 1. The van der Waals surface area contributed by atoms with Gasteiger partial charge < -0.3 is 9.47 Å². The standard InChI is InChI=1S/C18H18N4O2S/c1-13-5-3-4-6-15(13)11-24-16-8-7-14(9-17(16)23-2)10-20-22-12-19-21-18(22)25/h3-10,12H,11H2,1-2H3,(H,21,25)/b20-10+. The molecule has 0 atom stereocenters. The lowest BCUT2D eigenvalue weighted by Gasteiger charge is -2.12. The van der Waals surface area contributed by atoms with Gasteiger partial charge in [-0.3, -0.25) is 5.10 Å². The van der Waals surface area contributed by atoms with Gasteiger partial charge in [0, 0.05) is 0 Å². The Balaban J connectivity index is 1.75. The highest BCUT2D eigenvalue weighted by Gasteiger charge is 2.06. The Labute approximate surface area is 150 Å². The van der Waals surface area contributed by atoms with Gasteiger partial charge in [0.05, 0.1) is 13.3 Å². The van der Waals surface area contributed by atoms with E-state index in [2.05, 4.69) is 34.4 Å². The van der Waals surface area contributed by atoms with E-state index in [0.717, 1.165) is 11.1 Å². The highest BCUT2D eigenvalue weighted by Crippen LogP contribution is 2.28. The fraction of sp³-hybridized carbons (Fsp3) is 0.167. The Morgan fingerprint density at radius 1 is 1.24 bits per heavy atom. The molecule has 7 heteroatoms. The first-order chi connectivity index (χ1) is 12.2. The molecule has 0 bridgehead atoms. The van der Waals surface area contributed by atoms with Crippen LogP contribution in [0.15, 0.2) is 53.9 Å². The number of hydrogen-bond donors (Lipinski definition) is 1. The van der Waals surface area contributed by atoms with E-state index in [1.807, 2.05) is 30.3 Å². The number of aryl methyl sites for hydroxylation is 1. The Hall–Kier alpha value is -2.93. The third-order valence-electron chi connectivity index (χ3n) is 3.70. The second-order valence-electron chi connectivity index (χ2n) is 5.38. The maximum Gasteiger partial charge on any atom is 0.216 e. The molecule has 0 saturated carbocycles. The number of nitrogens with zero attached hydrogens (tertiary/aromatic N) is 3. The molecular formula is C18H18N4O2S. The van der Waals surface area contributed by atoms with Gasteiger partial charge >= 0.3 is 0 Å². The molecule has 2 aromatic carbocycles. The highest BCUT2D eigenvalue weighted by atomic mass is 32.1. The van der Waals surface area contributed by atoms with Gasteiger partial charge in [-0.25, -0.2) is 0 Å². The van der Waals surface area contributed by atoms with Gasteiger partial charge in [-0.2, -0.15) is 14.9 Å². The van der Waals surface area contributed by atoms with Crippen LogP contribution in [-0.4, -0.2) is 28.2 Å². The van der Waals surface area contributed by atoms with Crippen LogP contribution in [0.1, 0.15) is 16.7 Å². The van der Waals surface area contributed by atoms with Crippen molar-refractivity contribution in [2.24, 2.45) is 5.10 Å². The van der Waals surface area contributed by atoms with Gasteiger partial charge in [0.25, 0.3) is 0 Å². The third-order valence-corrected chi connectivity index (χ3v) is 3.98. The summed E-state index contributed by atoms with van der Waals surface area (Å²) in [5.41, 5.74) is 3.20. The molecule has 0 aliphatic rings. The number of rotatable bonds is 6. The number of hydrogen-bond acceptors (Lipinski definition) is 5. The Kier molecular flexibility index (Phi) is 5.25. The summed E-state index contributed by atoms with van der Waals surface area (Å²) >= 11 is 5.05. The zero-order valence-electron chi connectivity index (χ0n) is 14.0. The molecule has 1 aromatic heterocycles. The van der Waals surface area contributed by atoms with Gasteiger partial charge in [-0.1, -0.05) is 24.3 Å². The summed E-state index contributed by atoms with van der Waals surface area (Å²) in [5, 5.41) is 10.7. The van der Waals surface area contributed by atoms with Crippen LogP contribution in [0.4, 0.5) is 0 Å². The number of nitrogens with one attached hydrogen (secondary N) is 1. The van der Waals surface area contributed by atoms with Gasteiger partial charge in [0.1, 0.15) is 12.9 Å². The molecule has 3 aromatic rings. The first kappa shape index (κ1) is 16.9. The normalized spacial score (nSPS) is 11.0. The summed E-state index contributed by atoms with van der Waals surface area (Å²) in [5.74, 6) is 1.33. The molecule has 0 aliphatic heterocycles. The molecule has 6 nitrogen and oxygen atoms in total. The van der Waals surface area contributed by atoms with E-state index in [9.17, 15) is 0 Å². The Morgan fingerprint density at radius 3 is 2.80 bits per heavy atom. The molecule has 0 spiro atoms. The summed E-state index contributed by atoms with van der Waals surface area (Å²) in [7, 11) is 1.61. The number of ether oxygens (including phenoxy) is 2. The summed E-state index contributed by atoms with van der Waals surface area (Å²) in [4.78, 5) is 0. The molecule has 1 N–H and O–H groups in total. The summed E-state index contributed by atoms with van der Waals surface area (Å²) in [6.45, 7) is 2.55. The summed E-state index contributed by atoms with van der Waals surface area (Å²) in [6, 6.07) is 13.8. The number of aromatic nitrogens is 3. The molecule has 25 heavy (non-hydrogen) atoms. The van der Waals surface area contributed by atoms with Crippen LogP contribution in [0, 0.1) is 11.7 Å². The van der Waals surface area contributed by atoms with Crippen molar-refractivity contribution >= 4 is 18.4 Å². The average molecular weight is 354 g/mol. The van der Waals surface area contributed by atoms with Crippen molar-refractivity contribution in [3.8, 4) is 11.5 Å². The zero-order valence-corrected chi connectivity index (χ0v) is 14.8. The minimum atomic E-state index is 0.432. The van der Waals surface area contributed by atoms with E-state index < -0.39 is 0 Å². The number of methoxy groups -OCH3 is 1. The molecule has 0 fully saturated rings. The quantitative estimate of drug-likeness (QED) is 0.541. The average Bonchev–Trinajstić information content (AvgIpc) is 3.04. The van der Waals surface area contributed by atoms with Crippen LogP contribution >= 0.6 is 12.2 Å². The predicted molar refractivity (Wildman–Crippen MR) is 98.9 cm³/mol. The minimum absolute atomic E-state index is 0.432. The SMILES string of the molecule is COc1cc(/C=N/n2cn[nH]c2=S)ccc1OCc1ccccc1C. The van der Waals surface area contributed by atoms with Crippen LogP contribution in [-0.2, 0) is 6.61 Å². The smallest absolute Gasteiger partial charge is 0.216 e. The minimum Gasteiger partial charge on any atom is -0.493 e. The van der Waals surface area contributed by atoms with E-state index in [0.29, 0.717) is 22.9 Å². The van der Waals surface area contributed by atoms with E-state index in [4.69, 9.17) is 21.7 Å². The first-order valence-corrected chi connectivity index (χ1v) is 8.10. The predicted octanol–water partition coefficient (Wildman–Crippen LogP) is 3.72. The molecule has 0 saturated heterocycles. The van der Waals surface area contributed by atoms with Crippen LogP contribution < -0.4 is 9.47 Å². The molecule has 0 radical (unpaired) electrons. The van der Waals surface area contributed by atoms with Crippen LogP contribution in [0.2, 0.25) is 0 Å². The Morgan fingerprint density at radius 2 is 2.08 bits per heavy atom. The first-order valence-electron chi connectivity index (χ1n) is 7.69. The van der Waals surface area contributed by atoms with Crippen LogP contribution in [0.25, 0.3) is 0 Å². The van der Waals surface area contributed by atoms with Crippen molar-refractivity contribution in [2.45, 2.75) is 13.5 Å². The van der Waals surface area contributed by atoms with Crippen molar-refractivity contribution in [3.05, 3.63) is 70.3 Å². The van der Waals surface area contributed by atoms with Crippen molar-refractivity contribution in [1.82, 2.24) is 14.9 Å². The fourth-order valence-corrected chi connectivity index (χ4v) is 2.41. The molecule has 1 heterocycles. The molecule has 0 aliphatic carbocycles.